The minimum atomic E-state index is -0.661. The summed E-state index contributed by atoms with van der Waals surface area (Å²) in [6.07, 6.45) is 86.7. The molecule has 0 aromatic carbocycles. The predicted octanol–water partition coefficient (Wildman–Crippen LogP) is 23.3. The fraction of sp³-hybridized carbons (Fsp3) is 0.918. The van der Waals surface area contributed by atoms with Gasteiger partial charge in [0.15, 0.2) is 0 Å². The van der Waals surface area contributed by atoms with Gasteiger partial charge in [-0.2, -0.15) is 0 Å². The highest BCUT2D eigenvalue weighted by Crippen LogP contribution is 2.19. The van der Waals surface area contributed by atoms with Gasteiger partial charge in [-0.1, -0.05) is 366 Å². The standard InChI is InChI=1S/C73H141NO5/c1-3-5-7-9-11-13-15-17-19-35-38-41-45-49-53-57-61-65-71(76)70(69-75)74-72(77)66-62-58-54-50-46-42-39-36-33-31-29-27-25-23-21-20-22-24-26-28-30-32-34-37-40-44-48-52-56-60-64-68-79-73(78)67-63-59-55-51-47-43-18-16-14-12-10-8-6-4-2/h10,12,16,18,70-71,75-76H,3-9,11,13-15,17,19-69H2,1-2H3,(H,74,77)/b12-10-,18-16-. The van der Waals surface area contributed by atoms with Crippen LogP contribution in [0.3, 0.4) is 0 Å². The summed E-state index contributed by atoms with van der Waals surface area (Å²) < 4.78 is 5.48. The molecular weight excluding hydrogens is 971 g/mol. The van der Waals surface area contributed by atoms with E-state index in [9.17, 15) is 19.8 Å². The van der Waals surface area contributed by atoms with Gasteiger partial charge in [-0.25, -0.2) is 0 Å². The van der Waals surface area contributed by atoms with Gasteiger partial charge in [0.1, 0.15) is 0 Å². The van der Waals surface area contributed by atoms with Gasteiger partial charge in [-0.05, 0) is 51.4 Å². The van der Waals surface area contributed by atoms with Crippen molar-refractivity contribution < 1.29 is 24.5 Å². The molecule has 468 valence electrons. The summed E-state index contributed by atoms with van der Waals surface area (Å²) in [6, 6.07) is -0.538. The van der Waals surface area contributed by atoms with Crippen molar-refractivity contribution in [2.45, 2.75) is 418 Å². The summed E-state index contributed by atoms with van der Waals surface area (Å²) in [5, 5.41) is 23.4. The van der Waals surface area contributed by atoms with Crippen molar-refractivity contribution in [1.82, 2.24) is 5.32 Å². The molecule has 2 atom stereocenters. The fourth-order valence-electron chi connectivity index (χ4n) is 11.5. The first-order valence-corrected chi connectivity index (χ1v) is 36.1. The largest absolute Gasteiger partial charge is 0.466 e. The van der Waals surface area contributed by atoms with E-state index in [1.807, 2.05) is 0 Å². The number of carbonyl (C=O) groups excluding carboxylic acids is 2. The molecular formula is C73H141NO5. The van der Waals surface area contributed by atoms with E-state index in [2.05, 4.69) is 43.5 Å². The number of aliphatic hydroxyl groups is 2. The highest BCUT2D eigenvalue weighted by molar-refractivity contribution is 5.76. The summed E-state index contributed by atoms with van der Waals surface area (Å²) in [5.41, 5.74) is 0. The van der Waals surface area contributed by atoms with Crippen molar-refractivity contribution in [1.29, 1.82) is 0 Å². The lowest BCUT2D eigenvalue weighted by atomic mass is 10.0. The molecule has 0 heterocycles. The third-order valence-electron chi connectivity index (χ3n) is 17.0. The van der Waals surface area contributed by atoms with Crippen molar-refractivity contribution in [2.24, 2.45) is 0 Å². The van der Waals surface area contributed by atoms with E-state index in [1.165, 1.54) is 321 Å². The zero-order valence-corrected chi connectivity index (χ0v) is 53.6. The lowest BCUT2D eigenvalue weighted by molar-refractivity contribution is -0.143. The Morgan fingerprint density at radius 1 is 0.354 bits per heavy atom. The van der Waals surface area contributed by atoms with Crippen molar-refractivity contribution in [2.75, 3.05) is 13.2 Å². The van der Waals surface area contributed by atoms with E-state index >= 15 is 0 Å². The molecule has 3 N–H and O–H groups in total. The normalized spacial score (nSPS) is 12.6. The Balaban J connectivity index is 3.33. The Morgan fingerprint density at radius 3 is 1.00 bits per heavy atom. The predicted molar refractivity (Wildman–Crippen MR) is 347 cm³/mol. The summed E-state index contributed by atoms with van der Waals surface area (Å²) in [4.78, 5) is 24.6. The number of rotatable bonds is 68. The average molecular weight is 1110 g/mol. The second-order valence-corrected chi connectivity index (χ2v) is 24.9. The first-order chi connectivity index (χ1) is 39.0. The van der Waals surface area contributed by atoms with Crippen molar-refractivity contribution in [3.63, 3.8) is 0 Å². The maximum atomic E-state index is 12.5. The molecule has 6 nitrogen and oxygen atoms in total. The molecule has 0 saturated carbocycles. The summed E-state index contributed by atoms with van der Waals surface area (Å²) in [6.45, 7) is 4.95. The molecule has 6 heteroatoms. The number of unbranched alkanes of at least 4 members (excludes halogenated alkanes) is 53. The maximum Gasteiger partial charge on any atom is 0.305 e. The zero-order valence-electron chi connectivity index (χ0n) is 53.6. The Morgan fingerprint density at radius 2 is 0.646 bits per heavy atom. The molecule has 0 aromatic heterocycles. The number of nitrogens with one attached hydrogen (secondary N) is 1. The van der Waals surface area contributed by atoms with Gasteiger partial charge < -0.3 is 20.3 Å². The van der Waals surface area contributed by atoms with E-state index in [4.69, 9.17) is 4.74 Å². The number of hydrogen-bond donors (Lipinski definition) is 3. The Labute approximate surface area is 494 Å². The molecule has 1 amide bonds. The fourth-order valence-corrected chi connectivity index (χ4v) is 11.5. The van der Waals surface area contributed by atoms with Crippen LogP contribution in [0.4, 0.5) is 0 Å². The number of amides is 1. The van der Waals surface area contributed by atoms with Crippen LogP contribution in [0.1, 0.15) is 406 Å². The minimum Gasteiger partial charge on any atom is -0.466 e. The molecule has 0 saturated heterocycles. The van der Waals surface area contributed by atoms with Crippen molar-refractivity contribution in [3.8, 4) is 0 Å². The highest BCUT2D eigenvalue weighted by atomic mass is 16.5. The van der Waals surface area contributed by atoms with Crippen LogP contribution < -0.4 is 5.32 Å². The first-order valence-electron chi connectivity index (χ1n) is 36.1. The second kappa shape index (κ2) is 68.8. The van der Waals surface area contributed by atoms with Gasteiger partial charge in [0.25, 0.3) is 0 Å². The van der Waals surface area contributed by atoms with Gasteiger partial charge in [0.05, 0.1) is 25.4 Å². The van der Waals surface area contributed by atoms with Crippen LogP contribution in [-0.4, -0.2) is 47.4 Å². The molecule has 0 fully saturated rings. The number of hydrogen-bond acceptors (Lipinski definition) is 5. The smallest absolute Gasteiger partial charge is 0.305 e. The Hall–Kier alpha value is -1.66. The molecule has 0 bridgehead atoms. The van der Waals surface area contributed by atoms with Crippen LogP contribution in [0.2, 0.25) is 0 Å². The zero-order chi connectivity index (χ0) is 57.1. The SMILES string of the molecule is CCCC/C=C\C/C=C\CCCCCCCC(=O)OCCCCCCCCCCCCCCCCCCCCCCCCCCCCCCCCCC(=O)NC(CO)C(O)CCCCCCCCCCCCCCCCCCC. The number of ether oxygens (including phenoxy) is 1. The Kier molecular flexibility index (Phi) is 67.4. The third kappa shape index (κ3) is 65.4. The summed E-state index contributed by atoms with van der Waals surface area (Å²) >= 11 is 0. The van der Waals surface area contributed by atoms with Gasteiger partial charge in [-0.15, -0.1) is 0 Å². The number of aliphatic hydroxyl groups excluding tert-OH is 2. The molecule has 0 aliphatic carbocycles. The van der Waals surface area contributed by atoms with E-state index in [-0.39, 0.29) is 18.5 Å². The molecule has 0 spiro atoms. The van der Waals surface area contributed by atoms with Crippen LogP contribution in [0.15, 0.2) is 24.3 Å². The van der Waals surface area contributed by atoms with Gasteiger partial charge >= 0.3 is 5.97 Å². The quantitative estimate of drug-likeness (QED) is 0.0320. The van der Waals surface area contributed by atoms with E-state index in [1.54, 1.807) is 0 Å². The minimum absolute atomic E-state index is 0.00662. The van der Waals surface area contributed by atoms with E-state index in [0.717, 1.165) is 51.4 Å². The summed E-state index contributed by atoms with van der Waals surface area (Å²) in [7, 11) is 0. The molecule has 0 aromatic rings. The number of carbonyl (C=O) groups is 2. The summed E-state index contributed by atoms with van der Waals surface area (Å²) in [5.74, 6) is -0.0204. The maximum absolute atomic E-state index is 12.5. The lowest BCUT2D eigenvalue weighted by Crippen LogP contribution is -2.45. The third-order valence-corrected chi connectivity index (χ3v) is 17.0. The van der Waals surface area contributed by atoms with Gasteiger partial charge in [0.2, 0.25) is 5.91 Å². The van der Waals surface area contributed by atoms with Gasteiger partial charge in [0, 0.05) is 12.8 Å². The van der Waals surface area contributed by atoms with Crippen LogP contribution in [0, 0.1) is 0 Å². The van der Waals surface area contributed by atoms with E-state index < -0.39 is 12.1 Å². The van der Waals surface area contributed by atoms with E-state index in [0.29, 0.717) is 25.9 Å². The van der Waals surface area contributed by atoms with Crippen molar-refractivity contribution in [3.05, 3.63) is 24.3 Å². The van der Waals surface area contributed by atoms with Crippen LogP contribution in [0.5, 0.6) is 0 Å². The molecule has 2 unspecified atom stereocenters. The second-order valence-electron chi connectivity index (χ2n) is 24.9. The molecule has 0 radical (unpaired) electrons. The van der Waals surface area contributed by atoms with Crippen LogP contribution in [-0.2, 0) is 14.3 Å². The first kappa shape index (κ1) is 77.3. The lowest BCUT2D eigenvalue weighted by Gasteiger charge is -2.22. The van der Waals surface area contributed by atoms with Crippen molar-refractivity contribution >= 4 is 11.9 Å². The molecule has 0 aliphatic heterocycles. The number of allylic oxidation sites excluding steroid dienone is 4. The molecule has 0 rings (SSSR count). The average Bonchev–Trinajstić information content (AvgIpc) is 3.45. The van der Waals surface area contributed by atoms with Gasteiger partial charge in [-0.3, -0.25) is 9.59 Å². The van der Waals surface area contributed by atoms with Crippen LogP contribution >= 0.6 is 0 Å². The topological polar surface area (TPSA) is 95.9 Å². The Bertz CT molecular complexity index is 1230. The number of esters is 1. The molecule has 79 heavy (non-hydrogen) atoms. The van der Waals surface area contributed by atoms with Crippen LogP contribution in [0.25, 0.3) is 0 Å². The molecule has 0 aliphatic rings. The monoisotopic (exact) mass is 1110 g/mol. The highest BCUT2D eigenvalue weighted by Gasteiger charge is 2.20.